The zero-order valence-corrected chi connectivity index (χ0v) is 21.7. The average molecular weight is 520 g/mol. The van der Waals surface area contributed by atoms with Gasteiger partial charge in [-0.05, 0) is 68.7 Å². The maximum absolute atomic E-state index is 13.4. The molecule has 11 nitrogen and oxygen atoms in total. The summed E-state index contributed by atoms with van der Waals surface area (Å²) in [5, 5.41) is 24.5. The third-order valence-electron chi connectivity index (χ3n) is 6.90. The predicted octanol–water partition coefficient (Wildman–Crippen LogP) is 0.482. The van der Waals surface area contributed by atoms with Crippen LogP contribution in [0.1, 0.15) is 57.9 Å². The Morgan fingerprint density at radius 1 is 1.11 bits per heavy atom. The highest BCUT2D eigenvalue weighted by molar-refractivity contribution is 5.94. The molecule has 206 valence electrons. The van der Waals surface area contributed by atoms with Gasteiger partial charge in [0, 0.05) is 6.54 Å². The maximum Gasteiger partial charge on any atom is 0.326 e. The van der Waals surface area contributed by atoms with Gasteiger partial charge in [0.15, 0.2) is 0 Å². The lowest BCUT2D eigenvalue weighted by atomic mass is 9.96. The van der Waals surface area contributed by atoms with Gasteiger partial charge in [0.25, 0.3) is 0 Å². The Bertz CT molecular complexity index is 925. The third-order valence-corrected chi connectivity index (χ3v) is 6.90. The van der Waals surface area contributed by atoms with Gasteiger partial charge in [-0.25, -0.2) is 4.79 Å². The van der Waals surface area contributed by atoms with E-state index in [2.05, 4.69) is 10.6 Å². The fourth-order valence-corrected chi connectivity index (χ4v) is 4.44. The lowest BCUT2D eigenvalue weighted by molar-refractivity contribution is -0.149. The number of carboxylic acid groups (broad SMARTS) is 1. The molecule has 1 heterocycles. The number of nitrogens with two attached hydrogens (primary N) is 2. The minimum atomic E-state index is -1.06. The van der Waals surface area contributed by atoms with Crippen molar-refractivity contribution in [1.82, 2.24) is 15.5 Å². The lowest BCUT2D eigenvalue weighted by Crippen LogP contribution is -2.58. The Labute approximate surface area is 217 Å². The van der Waals surface area contributed by atoms with Crippen LogP contribution in [0.4, 0.5) is 0 Å². The average Bonchev–Trinajstić information content (AvgIpc) is 3.37. The summed E-state index contributed by atoms with van der Waals surface area (Å²) in [6.07, 6.45) is 3.30. The number of phenols is 1. The van der Waals surface area contributed by atoms with Crippen molar-refractivity contribution in [2.45, 2.75) is 83.0 Å². The number of benzene rings is 1. The van der Waals surface area contributed by atoms with E-state index in [4.69, 9.17) is 11.5 Å². The molecule has 37 heavy (non-hydrogen) atoms. The minimum absolute atomic E-state index is 0.106. The molecule has 1 fully saturated rings. The number of amides is 3. The maximum atomic E-state index is 13.4. The molecule has 0 aliphatic carbocycles. The van der Waals surface area contributed by atoms with E-state index in [0.717, 1.165) is 5.56 Å². The molecular formula is C26H41N5O6. The first kappa shape index (κ1) is 30.0. The summed E-state index contributed by atoms with van der Waals surface area (Å²) in [5.74, 6) is -2.67. The standard InChI is InChI=1S/C26H41N5O6/c1-3-16(2)22(30-23(33)19(28)15-17-9-11-18(32)12-10-17)24(34)29-20(7-4-5-13-27)25(35)31-14-6-8-21(31)26(36)37/h9-12,16,19-22,32H,3-8,13-15,27-28H2,1-2H3,(H,29,34)(H,30,33)(H,36,37). The number of hydrogen-bond donors (Lipinski definition) is 6. The number of likely N-dealkylation sites (tertiary alicyclic amines) is 1. The summed E-state index contributed by atoms with van der Waals surface area (Å²) in [5.41, 5.74) is 12.5. The minimum Gasteiger partial charge on any atom is -0.508 e. The second-order valence-corrected chi connectivity index (χ2v) is 9.72. The number of rotatable bonds is 14. The largest absolute Gasteiger partial charge is 0.508 e. The van der Waals surface area contributed by atoms with Crippen LogP contribution in [0.25, 0.3) is 0 Å². The Kier molecular flexibility index (Phi) is 11.8. The number of aromatic hydroxyl groups is 1. The number of carboxylic acids is 1. The number of aliphatic carboxylic acids is 1. The van der Waals surface area contributed by atoms with Crippen LogP contribution in [0, 0.1) is 5.92 Å². The van der Waals surface area contributed by atoms with Crippen molar-refractivity contribution in [3.05, 3.63) is 29.8 Å². The van der Waals surface area contributed by atoms with Crippen molar-refractivity contribution in [1.29, 1.82) is 0 Å². The number of carbonyl (C=O) groups is 4. The van der Waals surface area contributed by atoms with E-state index in [0.29, 0.717) is 51.6 Å². The van der Waals surface area contributed by atoms with E-state index in [1.54, 1.807) is 12.1 Å². The first-order valence-corrected chi connectivity index (χ1v) is 13.0. The highest BCUT2D eigenvalue weighted by Crippen LogP contribution is 2.20. The van der Waals surface area contributed by atoms with Crippen molar-refractivity contribution >= 4 is 23.7 Å². The van der Waals surface area contributed by atoms with Gasteiger partial charge < -0.3 is 37.2 Å². The number of nitrogens with zero attached hydrogens (tertiary/aromatic N) is 1. The fourth-order valence-electron chi connectivity index (χ4n) is 4.44. The third kappa shape index (κ3) is 8.71. The van der Waals surface area contributed by atoms with E-state index in [1.807, 2.05) is 13.8 Å². The topological polar surface area (TPSA) is 188 Å². The van der Waals surface area contributed by atoms with Crippen molar-refractivity contribution in [2.75, 3.05) is 13.1 Å². The second kappa shape index (κ2) is 14.5. The highest BCUT2D eigenvalue weighted by Gasteiger charge is 2.38. The predicted molar refractivity (Wildman–Crippen MR) is 138 cm³/mol. The van der Waals surface area contributed by atoms with E-state index in [-0.39, 0.29) is 18.1 Å². The molecule has 11 heteroatoms. The zero-order valence-electron chi connectivity index (χ0n) is 21.7. The van der Waals surface area contributed by atoms with Crippen LogP contribution in [0.5, 0.6) is 5.75 Å². The van der Waals surface area contributed by atoms with Crippen molar-refractivity contribution in [2.24, 2.45) is 17.4 Å². The van der Waals surface area contributed by atoms with Gasteiger partial charge in [-0.3, -0.25) is 14.4 Å². The molecule has 1 saturated heterocycles. The van der Waals surface area contributed by atoms with Gasteiger partial charge in [0.2, 0.25) is 17.7 Å². The SMILES string of the molecule is CCC(C)C(NC(=O)C(N)Cc1ccc(O)cc1)C(=O)NC(CCCCN)C(=O)N1CCCC1C(=O)O. The van der Waals surface area contributed by atoms with Crippen LogP contribution in [-0.4, -0.2) is 76.1 Å². The van der Waals surface area contributed by atoms with Crippen LogP contribution >= 0.6 is 0 Å². The van der Waals surface area contributed by atoms with Crippen LogP contribution in [-0.2, 0) is 25.6 Å². The zero-order chi connectivity index (χ0) is 27.5. The van der Waals surface area contributed by atoms with Gasteiger partial charge in [-0.15, -0.1) is 0 Å². The quantitative estimate of drug-likeness (QED) is 0.191. The van der Waals surface area contributed by atoms with Gasteiger partial charge in [0.05, 0.1) is 6.04 Å². The number of unbranched alkanes of at least 4 members (excludes halogenated alkanes) is 1. The summed E-state index contributed by atoms with van der Waals surface area (Å²) in [7, 11) is 0. The molecule has 0 radical (unpaired) electrons. The van der Waals surface area contributed by atoms with E-state index < -0.39 is 47.9 Å². The van der Waals surface area contributed by atoms with Crippen LogP contribution in [0.15, 0.2) is 24.3 Å². The first-order chi connectivity index (χ1) is 17.6. The Hall–Kier alpha value is -3.18. The molecule has 2 rings (SSSR count). The van der Waals surface area contributed by atoms with Crippen LogP contribution < -0.4 is 22.1 Å². The van der Waals surface area contributed by atoms with Crippen molar-refractivity contribution in [3.8, 4) is 5.75 Å². The van der Waals surface area contributed by atoms with Crippen molar-refractivity contribution < 1.29 is 29.4 Å². The molecule has 0 aromatic heterocycles. The van der Waals surface area contributed by atoms with Gasteiger partial charge >= 0.3 is 5.97 Å². The van der Waals surface area contributed by atoms with Crippen LogP contribution in [0.3, 0.4) is 0 Å². The Balaban J connectivity index is 2.13. The summed E-state index contributed by atoms with van der Waals surface area (Å²) < 4.78 is 0. The normalized spacial score (nSPS) is 18.5. The molecule has 5 atom stereocenters. The Morgan fingerprint density at radius 3 is 2.38 bits per heavy atom. The molecular weight excluding hydrogens is 478 g/mol. The molecule has 0 bridgehead atoms. The molecule has 1 aliphatic rings. The van der Waals surface area contributed by atoms with E-state index in [1.165, 1.54) is 17.0 Å². The number of phenolic OH excluding ortho intramolecular Hbond substituents is 1. The van der Waals surface area contributed by atoms with Gasteiger partial charge in [0.1, 0.15) is 23.9 Å². The van der Waals surface area contributed by atoms with Crippen LogP contribution in [0.2, 0.25) is 0 Å². The molecule has 1 aromatic carbocycles. The summed E-state index contributed by atoms with van der Waals surface area (Å²) in [6.45, 7) is 4.46. The molecule has 3 amide bonds. The second-order valence-electron chi connectivity index (χ2n) is 9.72. The lowest BCUT2D eigenvalue weighted by Gasteiger charge is -2.30. The number of nitrogens with one attached hydrogen (secondary N) is 2. The van der Waals surface area contributed by atoms with E-state index in [9.17, 15) is 29.4 Å². The Morgan fingerprint density at radius 2 is 1.78 bits per heavy atom. The smallest absolute Gasteiger partial charge is 0.326 e. The van der Waals surface area contributed by atoms with Gasteiger partial charge in [-0.1, -0.05) is 32.4 Å². The molecule has 5 unspecified atom stereocenters. The molecule has 0 spiro atoms. The fraction of sp³-hybridized carbons (Fsp3) is 0.615. The van der Waals surface area contributed by atoms with Crippen molar-refractivity contribution in [3.63, 3.8) is 0 Å². The molecule has 8 N–H and O–H groups in total. The van der Waals surface area contributed by atoms with E-state index >= 15 is 0 Å². The number of hydrogen-bond acceptors (Lipinski definition) is 7. The molecule has 1 aliphatic heterocycles. The van der Waals surface area contributed by atoms with Gasteiger partial charge in [-0.2, -0.15) is 0 Å². The molecule has 0 saturated carbocycles. The monoisotopic (exact) mass is 519 g/mol. The summed E-state index contributed by atoms with van der Waals surface area (Å²) in [6, 6.07) is 2.66. The molecule has 1 aromatic rings. The number of carbonyl (C=O) groups excluding carboxylic acids is 3. The summed E-state index contributed by atoms with van der Waals surface area (Å²) in [4.78, 5) is 52.5. The highest BCUT2D eigenvalue weighted by atomic mass is 16.4. The summed E-state index contributed by atoms with van der Waals surface area (Å²) >= 11 is 0. The first-order valence-electron chi connectivity index (χ1n) is 13.0.